The average molecular weight is 240 g/mol. The Hall–Kier alpha value is -1.16. The van der Waals surface area contributed by atoms with Gasteiger partial charge in [0.25, 0.3) is 5.91 Å². The van der Waals surface area contributed by atoms with Gasteiger partial charge in [-0.05, 0) is 12.3 Å². The topological polar surface area (TPSA) is 54.9 Å². The second kappa shape index (κ2) is 5.25. The number of rotatable bonds is 4. The monoisotopic (exact) mass is 239 g/mol. The number of halogens is 1. The lowest BCUT2D eigenvalue weighted by molar-refractivity contribution is 0.0943. The van der Waals surface area contributed by atoms with Crippen LogP contribution in [0.15, 0.2) is 12.4 Å². The Bertz CT molecular complexity index is 362. The van der Waals surface area contributed by atoms with Crippen molar-refractivity contribution in [3.05, 3.63) is 23.2 Å². The third-order valence-corrected chi connectivity index (χ3v) is 3.11. The van der Waals surface area contributed by atoms with E-state index in [1.165, 1.54) is 31.7 Å². The summed E-state index contributed by atoms with van der Waals surface area (Å²) in [6.07, 6.45) is 7.77. The fourth-order valence-corrected chi connectivity index (χ4v) is 1.79. The van der Waals surface area contributed by atoms with Gasteiger partial charge in [0, 0.05) is 6.54 Å². The lowest BCUT2D eigenvalue weighted by atomic mass is 9.83. The van der Waals surface area contributed by atoms with Crippen LogP contribution in [-0.2, 0) is 0 Å². The summed E-state index contributed by atoms with van der Waals surface area (Å²) in [5.41, 5.74) is 0.318. The zero-order chi connectivity index (χ0) is 11.4. The van der Waals surface area contributed by atoms with Gasteiger partial charge in [0.1, 0.15) is 10.8 Å². The van der Waals surface area contributed by atoms with Crippen LogP contribution in [0.5, 0.6) is 0 Å². The SMILES string of the molecule is O=C(NCCC1CCC1)c1cnc(Cl)cn1. The molecule has 5 heteroatoms. The summed E-state index contributed by atoms with van der Waals surface area (Å²) in [6.45, 7) is 0.716. The molecule has 1 aliphatic carbocycles. The van der Waals surface area contributed by atoms with Crippen molar-refractivity contribution in [2.45, 2.75) is 25.7 Å². The number of hydrogen-bond donors (Lipinski definition) is 1. The highest BCUT2D eigenvalue weighted by molar-refractivity contribution is 6.29. The summed E-state index contributed by atoms with van der Waals surface area (Å²) < 4.78 is 0. The van der Waals surface area contributed by atoms with Crippen molar-refractivity contribution in [2.24, 2.45) is 5.92 Å². The standard InChI is InChI=1S/C11H14ClN3O/c12-10-7-14-9(6-15-10)11(16)13-5-4-8-2-1-3-8/h6-8H,1-5H2,(H,13,16). The van der Waals surface area contributed by atoms with Crippen LogP contribution in [0, 0.1) is 5.92 Å². The van der Waals surface area contributed by atoms with Gasteiger partial charge >= 0.3 is 0 Å². The molecular weight excluding hydrogens is 226 g/mol. The number of hydrogen-bond acceptors (Lipinski definition) is 3. The van der Waals surface area contributed by atoms with E-state index in [0.29, 0.717) is 17.4 Å². The Kier molecular flexibility index (Phi) is 3.72. The number of carbonyl (C=O) groups is 1. The zero-order valence-corrected chi connectivity index (χ0v) is 9.70. The van der Waals surface area contributed by atoms with Crippen molar-refractivity contribution in [2.75, 3.05) is 6.54 Å². The minimum Gasteiger partial charge on any atom is -0.351 e. The summed E-state index contributed by atoms with van der Waals surface area (Å²) in [5.74, 6) is 0.625. The summed E-state index contributed by atoms with van der Waals surface area (Å²) in [6, 6.07) is 0. The smallest absolute Gasteiger partial charge is 0.271 e. The largest absolute Gasteiger partial charge is 0.351 e. The Balaban J connectivity index is 1.76. The van der Waals surface area contributed by atoms with E-state index >= 15 is 0 Å². The van der Waals surface area contributed by atoms with E-state index in [-0.39, 0.29) is 5.91 Å². The second-order valence-electron chi connectivity index (χ2n) is 4.07. The molecule has 86 valence electrons. The first-order chi connectivity index (χ1) is 7.75. The van der Waals surface area contributed by atoms with Gasteiger partial charge in [-0.3, -0.25) is 4.79 Å². The highest BCUT2D eigenvalue weighted by Gasteiger charge is 2.17. The predicted octanol–water partition coefficient (Wildman–Crippen LogP) is 2.05. The molecule has 2 rings (SSSR count). The predicted molar refractivity (Wildman–Crippen MR) is 61.3 cm³/mol. The first-order valence-corrected chi connectivity index (χ1v) is 5.89. The molecule has 0 bridgehead atoms. The van der Waals surface area contributed by atoms with Gasteiger partial charge in [0.2, 0.25) is 0 Å². The van der Waals surface area contributed by atoms with Crippen molar-refractivity contribution in [1.29, 1.82) is 0 Å². The van der Waals surface area contributed by atoms with Crippen molar-refractivity contribution >= 4 is 17.5 Å². The third-order valence-electron chi connectivity index (χ3n) is 2.92. The highest BCUT2D eigenvalue weighted by atomic mass is 35.5. The van der Waals surface area contributed by atoms with Crippen LogP contribution in [0.1, 0.15) is 36.2 Å². The van der Waals surface area contributed by atoms with Crippen molar-refractivity contribution in [3.8, 4) is 0 Å². The van der Waals surface area contributed by atoms with Crippen LogP contribution in [0.2, 0.25) is 5.15 Å². The minimum absolute atomic E-state index is 0.177. The fraction of sp³-hybridized carbons (Fsp3) is 0.545. The highest BCUT2D eigenvalue weighted by Crippen LogP contribution is 2.28. The van der Waals surface area contributed by atoms with E-state index in [9.17, 15) is 4.79 Å². The molecule has 4 nitrogen and oxygen atoms in total. The Morgan fingerprint density at radius 1 is 1.44 bits per heavy atom. The maximum absolute atomic E-state index is 11.6. The van der Waals surface area contributed by atoms with E-state index in [4.69, 9.17) is 11.6 Å². The lowest BCUT2D eigenvalue weighted by Gasteiger charge is -2.25. The summed E-state index contributed by atoms with van der Waals surface area (Å²) >= 11 is 5.58. The maximum atomic E-state index is 11.6. The molecule has 0 unspecified atom stereocenters. The molecule has 0 aliphatic heterocycles. The Morgan fingerprint density at radius 3 is 2.81 bits per heavy atom. The van der Waals surface area contributed by atoms with Gasteiger partial charge in [-0.1, -0.05) is 30.9 Å². The minimum atomic E-state index is -0.177. The molecule has 1 N–H and O–H groups in total. The zero-order valence-electron chi connectivity index (χ0n) is 8.95. The van der Waals surface area contributed by atoms with Gasteiger partial charge in [0.05, 0.1) is 12.4 Å². The van der Waals surface area contributed by atoms with E-state index in [0.717, 1.165) is 12.3 Å². The van der Waals surface area contributed by atoms with Crippen LogP contribution in [-0.4, -0.2) is 22.4 Å². The molecule has 0 radical (unpaired) electrons. The molecule has 1 saturated carbocycles. The van der Waals surface area contributed by atoms with Gasteiger partial charge in [-0.25, -0.2) is 9.97 Å². The Morgan fingerprint density at radius 2 is 2.25 bits per heavy atom. The van der Waals surface area contributed by atoms with Crippen LogP contribution < -0.4 is 5.32 Å². The normalized spacial score (nSPS) is 15.6. The van der Waals surface area contributed by atoms with Crippen molar-refractivity contribution in [3.63, 3.8) is 0 Å². The quantitative estimate of drug-likeness (QED) is 0.875. The van der Waals surface area contributed by atoms with E-state index in [1.807, 2.05) is 0 Å². The fourth-order valence-electron chi connectivity index (χ4n) is 1.69. The molecule has 1 aromatic heterocycles. The molecule has 1 aliphatic rings. The second-order valence-corrected chi connectivity index (χ2v) is 4.45. The summed E-state index contributed by atoms with van der Waals surface area (Å²) in [7, 11) is 0. The number of aromatic nitrogens is 2. The van der Waals surface area contributed by atoms with E-state index < -0.39 is 0 Å². The average Bonchev–Trinajstić information content (AvgIpc) is 2.22. The lowest BCUT2D eigenvalue weighted by Crippen LogP contribution is -2.28. The first kappa shape index (κ1) is 11.3. The van der Waals surface area contributed by atoms with Gasteiger partial charge < -0.3 is 5.32 Å². The van der Waals surface area contributed by atoms with Crippen LogP contribution in [0.3, 0.4) is 0 Å². The van der Waals surface area contributed by atoms with Gasteiger partial charge in [0.15, 0.2) is 0 Å². The van der Waals surface area contributed by atoms with Crippen molar-refractivity contribution in [1.82, 2.24) is 15.3 Å². The molecule has 0 aromatic carbocycles. The molecule has 1 amide bonds. The number of carbonyl (C=O) groups excluding carboxylic acids is 1. The van der Waals surface area contributed by atoms with Crippen LogP contribution in [0.4, 0.5) is 0 Å². The summed E-state index contributed by atoms with van der Waals surface area (Å²) in [4.78, 5) is 19.3. The van der Waals surface area contributed by atoms with Gasteiger partial charge in [-0.15, -0.1) is 0 Å². The van der Waals surface area contributed by atoms with Crippen LogP contribution in [0.25, 0.3) is 0 Å². The van der Waals surface area contributed by atoms with Crippen LogP contribution >= 0.6 is 11.6 Å². The van der Waals surface area contributed by atoms with E-state index in [2.05, 4.69) is 15.3 Å². The number of amides is 1. The molecular formula is C11H14ClN3O. The molecule has 1 heterocycles. The third kappa shape index (κ3) is 2.92. The number of nitrogens with zero attached hydrogens (tertiary/aromatic N) is 2. The molecule has 16 heavy (non-hydrogen) atoms. The molecule has 0 spiro atoms. The Labute approximate surface area is 99.4 Å². The molecule has 0 saturated heterocycles. The van der Waals surface area contributed by atoms with Gasteiger partial charge in [-0.2, -0.15) is 0 Å². The summed E-state index contributed by atoms with van der Waals surface area (Å²) in [5, 5.41) is 3.13. The molecule has 1 aromatic rings. The van der Waals surface area contributed by atoms with Crippen molar-refractivity contribution < 1.29 is 4.79 Å². The number of nitrogens with one attached hydrogen (secondary N) is 1. The first-order valence-electron chi connectivity index (χ1n) is 5.51. The maximum Gasteiger partial charge on any atom is 0.271 e. The molecule has 0 atom stereocenters. The molecule has 1 fully saturated rings. The van der Waals surface area contributed by atoms with E-state index in [1.54, 1.807) is 0 Å².